The van der Waals surface area contributed by atoms with Crippen LogP contribution in [-0.4, -0.2) is 27.2 Å². The van der Waals surface area contributed by atoms with Crippen molar-refractivity contribution in [1.82, 2.24) is 10.6 Å². The minimum absolute atomic E-state index is 0. The van der Waals surface area contributed by atoms with Crippen molar-refractivity contribution in [3.8, 4) is 0 Å². The van der Waals surface area contributed by atoms with Crippen LogP contribution in [0.15, 0.2) is 53.5 Å². The Hall–Kier alpha value is -1.81. The van der Waals surface area contributed by atoms with Gasteiger partial charge >= 0.3 is 0 Å². The molecule has 31 heavy (non-hydrogen) atoms. The normalized spacial score (nSPS) is 12.8. The molecule has 172 valence electrons. The number of halogens is 1. The fourth-order valence-electron chi connectivity index (χ4n) is 3.14. The van der Waals surface area contributed by atoms with Crippen LogP contribution in [0.5, 0.6) is 0 Å². The molecule has 0 radical (unpaired) electrons. The number of guanidine groups is 1. The first-order chi connectivity index (χ1) is 14.2. The van der Waals surface area contributed by atoms with Gasteiger partial charge in [0.15, 0.2) is 5.96 Å². The molecule has 2 aromatic rings. The van der Waals surface area contributed by atoms with Crippen LogP contribution in [0.3, 0.4) is 0 Å². The van der Waals surface area contributed by atoms with E-state index in [0.717, 1.165) is 24.8 Å². The van der Waals surface area contributed by atoms with Crippen molar-refractivity contribution in [3.05, 3.63) is 65.2 Å². The number of nitrogens with one attached hydrogen (secondary N) is 3. The van der Waals surface area contributed by atoms with Crippen LogP contribution in [0.2, 0.25) is 0 Å². The maximum atomic E-state index is 11.6. The number of nitrogens with zero attached hydrogens (tertiary/aromatic N) is 1. The smallest absolute Gasteiger partial charge is 0.229 e. The summed E-state index contributed by atoms with van der Waals surface area (Å²) in [6.07, 6.45) is 2.22. The van der Waals surface area contributed by atoms with Gasteiger partial charge in [0.05, 0.1) is 24.5 Å². The van der Waals surface area contributed by atoms with Gasteiger partial charge in [-0.1, -0.05) is 56.3 Å². The van der Waals surface area contributed by atoms with Gasteiger partial charge in [0, 0.05) is 6.54 Å². The Kier molecular flexibility index (Phi) is 11.3. The zero-order valence-electron chi connectivity index (χ0n) is 19.0. The molecule has 0 spiro atoms. The third-order valence-corrected chi connectivity index (χ3v) is 5.13. The molecule has 0 aliphatic rings. The Balaban J connectivity index is 0.00000480. The lowest BCUT2D eigenvalue weighted by Crippen LogP contribution is -2.38. The minimum atomic E-state index is -3.34. The monoisotopic (exact) mass is 558 g/mol. The number of benzene rings is 2. The summed E-state index contributed by atoms with van der Waals surface area (Å²) in [5.74, 6) is 1.32. The molecule has 6 nitrogen and oxygen atoms in total. The highest BCUT2D eigenvalue weighted by Crippen LogP contribution is 2.18. The van der Waals surface area contributed by atoms with Gasteiger partial charge in [-0.2, -0.15) is 0 Å². The van der Waals surface area contributed by atoms with E-state index in [1.807, 2.05) is 19.1 Å². The molecule has 0 fully saturated rings. The average molecular weight is 559 g/mol. The second-order valence-corrected chi connectivity index (χ2v) is 9.68. The highest BCUT2D eigenvalue weighted by molar-refractivity contribution is 14.0. The molecule has 0 bridgehead atoms. The molecule has 1 atom stereocenters. The quantitative estimate of drug-likeness (QED) is 0.237. The number of hydrogen-bond acceptors (Lipinski definition) is 3. The van der Waals surface area contributed by atoms with Crippen LogP contribution in [0.4, 0.5) is 5.69 Å². The van der Waals surface area contributed by atoms with Crippen molar-refractivity contribution in [1.29, 1.82) is 0 Å². The molecule has 0 aliphatic carbocycles. The number of hydrogen-bond donors (Lipinski definition) is 3. The van der Waals surface area contributed by atoms with E-state index >= 15 is 0 Å². The van der Waals surface area contributed by atoms with Crippen LogP contribution >= 0.6 is 24.0 Å². The van der Waals surface area contributed by atoms with Crippen molar-refractivity contribution < 1.29 is 8.42 Å². The topological polar surface area (TPSA) is 82.6 Å². The molecule has 1 unspecified atom stereocenters. The Labute approximate surface area is 204 Å². The summed E-state index contributed by atoms with van der Waals surface area (Å²) >= 11 is 0. The fraction of sp³-hybridized carbons (Fsp3) is 0.435. The third-order valence-electron chi connectivity index (χ3n) is 4.54. The molecule has 0 saturated carbocycles. The summed E-state index contributed by atoms with van der Waals surface area (Å²) in [5.41, 5.74) is 3.89. The largest absolute Gasteiger partial charge is 0.357 e. The highest BCUT2D eigenvalue weighted by Gasteiger charge is 2.10. The van der Waals surface area contributed by atoms with E-state index in [4.69, 9.17) is 0 Å². The number of sulfonamides is 1. The molecule has 8 heteroatoms. The van der Waals surface area contributed by atoms with Gasteiger partial charge in [-0.05, 0) is 48.9 Å². The minimum Gasteiger partial charge on any atom is -0.357 e. The van der Waals surface area contributed by atoms with E-state index in [2.05, 4.69) is 65.4 Å². The van der Waals surface area contributed by atoms with Gasteiger partial charge in [-0.25, -0.2) is 13.4 Å². The van der Waals surface area contributed by atoms with Gasteiger partial charge < -0.3 is 10.6 Å². The molecular formula is C23H35IN4O2S. The lowest BCUT2D eigenvalue weighted by atomic mass is 10.00. The van der Waals surface area contributed by atoms with Gasteiger partial charge in [-0.15, -0.1) is 24.0 Å². The van der Waals surface area contributed by atoms with Crippen LogP contribution < -0.4 is 15.4 Å². The second kappa shape index (κ2) is 12.9. The SMILES string of the molecule is CCNC(=NCc1ccccc1NS(C)(=O)=O)NC(C)c1ccc(CC(C)C)cc1.I. The standard InChI is InChI=1S/C23H34N4O2S.HI/c1-6-24-23(25-16-21-9-7-8-10-22(21)27-30(5,28)29)26-18(4)20-13-11-19(12-14-20)15-17(2)3;/h7-14,17-18,27H,6,15-16H2,1-5H3,(H2,24,25,26);1H. The van der Waals surface area contributed by atoms with E-state index in [0.29, 0.717) is 24.1 Å². The maximum absolute atomic E-state index is 11.6. The lowest BCUT2D eigenvalue weighted by Gasteiger charge is -2.19. The summed E-state index contributed by atoms with van der Waals surface area (Å²) < 4.78 is 25.8. The van der Waals surface area contributed by atoms with Crippen LogP contribution in [0.25, 0.3) is 0 Å². The molecule has 0 saturated heterocycles. The first-order valence-electron chi connectivity index (χ1n) is 10.4. The zero-order valence-corrected chi connectivity index (χ0v) is 22.1. The van der Waals surface area contributed by atoms with Crippen molar-refractivity contribution >= 4 is 45.6 Å². The van der Waals surface area contributed by atoms with Crippen LogP contribution in [0, 0.1) is 5.92 Å². The van der Waals surface area contributed by atoms with E-state index in [9.17, 15) is 8.42 Å². The highest BCUT2D eigenvalue weighted by atomic mass is 127. The van der Waals surface area contributed by atoms with Gasteiger partial charge in [0.2, 0.25) is 10.0 Å². The van der Waals surface area contributed by atoms with Crippen LogP contribution in [-0.2, 0) is 23.0 Å². The average Bonchev–Trinajstić information content (AvgIpc) is 2.66. The summed E-state index contributed by atoms with van der Waals surface area (Å²) in [6, 6.07) is 16.1. The van der Waals surface area contributed by atoms with Crippen molar-refractivity contribution in [2.45, 2.75) is 46.7 Å². The molecule has 2 rings (SSSR count). The molecule has 0 aromatic heterocycles. The van der Waals surface area contributed by atoms with Gasteiger partial charge in [0.1, 0.15) is 0 Å². The number of anilines is 1. The summed E-state index contributed by atoms with van der Waals surface area (Å²) in [6.45, 7) is 9.65. The van der Waals surface area contributed by atoms with E-state index in [-0.39, 0.29) is 30.0 Å². The summed E-state index contributed by atoms with van der Waals surface area (Å²) in [5, 5.41) is 6.69. The van der Waals surface area contributed by atoms with E-state index in [1.165, 1.54) is 11.1 Å². The van der Waals surface area contributed by atoms with Crippen molar-refractivity contribution in [3.63, 3.8) is 0 Å². The first kappa shape index (κ1) is 27.2. The summed E-state index contributed by atoms with van der Waals surface area (Å²) in [7, 11) is -3.34. The third kappa shape index (κ3) is 9.90. The molecule has 0 amide bonds. The number of rotatable bonds is 9. The van der Waals surface area contributed by atoms with Crippen molar-refractivity contribution in [2.24, 2.45) is 10.9 Å². The number of para-hydroxylation sites is 1. The molecule has 3 N–H and O–H groups in total. The Morgan fingerprint density at radius 3 is 2.26 bits per heavy atom. The van der Waals surface area contributed by atoms with E-state index < -0.39 is 10.0 Å². The predicted octanol–water partition coefficient (Wildman–Crippen LogP) is 4.69. The van der Waals surface area contributed by atoms with E-state index in [1.54, 1.807) is 12.1 Å². The van der Waals surface area contributed by atoms with Crippen molar-refractivity contribution in [2.75, 3.05) is 17.5 Å². The Bertz CT molecular complexity index is 944. The molecule has 2 aromatic carbocycles. The van der Waals surface area contributed by atoms with Gasteiger partial charge in [0.25, 0.3) is 0 Å². The second-order valence-electron chi connectivity index (χ2n) is 7.93. The number of aliphatic imine (C=N–C) groups is 1. The van der Waals surface area contributed by atoms with Crippen LogP contribution in [0.1, 0.15) is 50.4 Å². The van der Waals surface area contributed by atoms with Gasteiger partial charge in [-0.3, -0.25) is 4.72 Å². The first-order valence-corrected chi connectivity index (χ1v) is 12.3. The zero-order chi connectivity index (χ0) is 22.1. The maximum Gasteiger partial charge on any atom is 0.229 e. The lowest BCUT2D eigenvalue weighted by molar-refractivity contribution is 0.606. The Morgan fingerprint density at radius 2 is 1.68 bits per heavy atom. The fourth-order valence-corrected chi connectivity index (χ4v) is 3.74. The summed E-state index contributed by atoms with van der Waals surface area (Å²) in [4.78, 5) is 4.66. The molecule has 0 aliphatic heterocycles. The predicted molar refractivity (Wildman–Crippen MR) is 142 cm³/mol. The Morgan fingerprint density at radius 1 is 1.03 bits per heavy atom. The molecular weight excluding hydrogens is 523 g/mol. The molecule has 0 heterocycles.